The fourth-order valence-electron chi connectivity index (χ4n) is 2.82. The van der Waals surface area contributed by atoms with E-state index in [0.29, 0.717) is 27.8 Å². The SMILES string of the molecule is COc1ccc(CC(=O)Nc2ccccc2CI)cc1Oc1cc(C#N)ccc1Cl. The number of hydrogen-bond acceptors (Lipinski definition) is 4. The number of alkyl halides is 1. The topological polar surface area (TPSA) is 71.3 Å². The molecule has 5 nitrogen and oxygen atoms in total. The Balaban J connectivity index is 1.81. The van der Waals surface area contributed by atoms with Gasteiger partial charge in [-0.3, -0.25) is 4.79 Å². The molecule has 0 radical (unpaired) electrons. The Hall–Kier alpha value is -2.76. The lowest BCUT2D eigenvalue weighted by Crippen LogP contribution is -2.15. The quantitative estimate of drug-likeness (QED) is 0.294. The van der Waals surface area contributed by atoms with Crippen molar-refractivity contribution in [1.82, 2.24) is 0 Å². The van der Waals surface area contributed by atoms with E-state index < -0.39 is 0 Å². The van der Waals surface area contributed by atoms with Crippen LogP contribution in [0.1, 0.15) is 16.7 Å². The third-order valence-electron chi connectivity index (χ3n) is 4.31. The first-order chi connectivity index (χ1) is 14.5. The number of para-hydroxylation sites is 1. The van der Waals surface area contributed by atoms with E-state index in [1.54, 1.807) is 30.3 Å². The molecule has 3 aromatic carbocycles. The number of carbonyl (C=O) groups excluding carboxylic acids is 1. The molecule has 3 aromatic rings. The van der Waals surface area contributed by atoms with E-state index in [1.165, 1.54) is 7.11 Å². The minimum Gasteiger partial charge on any atom is -0.493 e. The highest BCUT2D eigenvalue weighted by atomic mass is 127. The van der Waals surface area contributed by atoms with Crippen LogP contribution in [0, 0.1) is 11.3 Å². The van der Waals surface area contributed by atoms with E-state index in [-0.39, 0.29) is 12.3 Å². The van der Waals surface area contributed by atoms with Gasteiger partial charge in [0.1, 0.15) is 5.75 Å². The summed E-state index contributed by atoms with van der Waals surface area (Å²) in [6, 6.07) is 19.8. The number of nitrogens with one attached hydrogen (secondary N) is 1. The summed E-state index contributed by atoms with van der Waals surface area (Å²) in [4.78, 5) is 12.6. The van der Waals surface area contributed by atoms with Crippen LogP contribution >= 0.6 is 34.2 Å². The van der Waals surface area contributed by atoms with Crippen LogP contribution in [0.4, 0.5) is 5.69 Å². The van der Waals surface area contributed by atoms with Crippen LogP contribution in [0.3, 0.4) is 0 Å². The maximum atomic E-state index is 12.6. The molecule has 7 heteroatoms. The number of rotatable bonds is 7. The Morgan fingerprint density at radius 3 is 2.63 bits per heavy atom. The van der Waals surface area contributed by atoms with Gasteiger partial charge in [-0.1, -0.05) is 58.5 Å². The third kappa shape index (κ3) is 5.43. The van der Waals surface area contributed by atoms with Crippen LogP contribution in [0.15, 0.2) is 60.7 Å². The third-order valence-corrected chi connectivity index (χ3v) is 5.44. The standard InChI is InChI=1S/C23H18ClIN2O3/c1-29-20-9-7-15(12-23(28)27-19-5-3-2-4-17(19)13-25)10-22(20)30-21-11-16(14-26)6-8-18(21)24/h2-11H,12-13H2,1H3,(H,27,28). The molecule has 0 saturated carbocycles. The minimum atomic E-state index is -0.132. The molecule has 152 valence electrons. The molecule has 0 aliphatic heterocycles. The number of benzene rings is 3. The second-order valence-corrected chi connectivity index (χ2v) is 7.53. The Bertz CT molecular complexity index is 1110. The molecule has 0 aliphatic rings. The first-order valence-corrected chi connectivity index (χ1v) is 10.9. The van der Waals surface area contributed by atoms with Crippen LogP contribution in [0.25, 0.3) is 0 Å². The van der Waals surface area contributed by atoms with Crippen LogP contribution in [0.2, 0.25) is 5.02 Å². The van der Waals surface area contributed by atoms with Crippen molar-refractivity contribution in [3.8, 4) is 23.3 Å². The number of methoxy groups -OCH3 is 1. The van der Waals surface area contributed by atoms with E-state index >= 15 is 0 Å². The number of halogens is 2. The fourth-order valence-corrected chi connectivity index (χ4v) is 3.64. The number of ether oxygens (including phenoxy) is 2. The van der Waals surface area contributed by atoms with E-state index in [2.05, 4.69) is 34.0 Å². The van der Waals surface area contributed by atoms with Gasteiger partial charge in [0, 0.05) is 16.2 Å². The molecular weight excluding hydrogens is 515 g/mol. The monoisotopic (exact) mass is 532 g/mol. The minimum absolute atomic E-state index is 0.132. The maximum absolute atomic E-state index is 12.6. The molecular formula is C23H18ClIN2O3. The molecule has 30 heavy (non-hydrogen) atoms. The van der Waals surface area contributed by atoms with Crippen molar-refractivity contribution < 1.29 is 14.3 Å². The van der Waals surface area contributed by atoms with Crippen LogP contribution in [-0.4, -0.2) is 13.0 Å². The number of carbonyl (C=O) groups is 1. The van der Waals surface area contributed by atoms with Crippen molar-refractivity contribution in [2.75, 3.05) is 12.4 Å². The second-order valence-electron chi connectivity index (χ2n) is 6.36. The highest BCUT2D eigenvalue weighted by Crippen LogP contribution is 2.36. The maximum Gasteiger partial charge on any atom is 0.228 e. The first-order valence-electron chi connectivity index (χ1n) is 9.02. The van der Waals surface area contributed by atoms with Gasteiger partial charge in [0.05, 0.1) is 30.2 Å². The average Bonchev–Trinajstić information content (AvgIpc) is 2.76. The summed E-state index contributed by atoms with van der Waals surface area (Å²) in [6.07, 6.45) is 0.169. The van der Waals surface area contributed by atoms with Gasteiger partial charge < -0.3 is 14.8 Å². The normalized spacial score (nSPS) is 10.2. The van der Waals surface area contributed by atoms with Crippen LogP contribution in [0.5, 0.6) is 17.2 Å². The van der Waals surface area contributed by atoms with Gasteiger partial charge in [-0.25, -0.2) is 0 Å². The number of anilines is 1. The summed E-state index contributed by atoms with van der Waals surface area (Å²) >= 11 is 8.47. The second kappa shape index (κ2) is 10.3. The van der Waals surface area contributed by atoms with Crippen molar-refractivity contribution >= 4 is 45.8 Å². The number of amides is 1. The lowest BCUT2D eigenvalue weighted by molar-refractivity contribution is -0.115. The van der Waals surface area contributed by atoms with Gasteiger partial charge >= 0.3 is 0 Å². The van der Waals surface area contributed by atoms with Crippen molar-refractivity contribution in [3.05, 3.63) is 82.4 Å². The molecule has 3 rings (SSSR count). The summed E-state index contributed by atoms with van der Waals surface area (Å²) in [7, 11) is 1.53. The Labute approximate surface area is 193 Å². The lowest BCUT2D eigenvalue weighted by atomic mass is 10.1. The van der Waals surface area contributed by atoms with E-state index in [9.17, 15) is 4.79 Å². The van der Waals surface area contributed by atoms with Crippen molar-refractivity contribution in [3.63, 3.8) is 0 Å². The zero-order valence-corrected chi connectivity index (χ0v) is 19.0. The number of nitriles is 1. The summed E-state index contributed by atoms with van der Waals surface area (Å²) in [5.74, 6) is 1.11. The number of nitrogens with zero attached hydrogens (tertiary/aromatic N) is 1. The Morgan fingerprint density at radius 1 is 1.10 bits per heavy atom. The molecule has 0 heterocycles. The molecule has 0 fully saturated rings. The largest absolute Gasteiger partial charge is 0.493 e. The molecule has 0 aromatic heterocycles. The summed E-state index contributed by atoms with van der Waals surface area (Å²) in [5.41, 5.74) is 3.06. The molecule has 0 atom stereocenters. The Kier molecular flexibility index (Phi) is 7.55. The van der Waals surface area contributed by atoms with Gasteiger partial charge in [0.2, 0.25) is 5.91 Å². The summed E-state index contributed by atoms with van der Waals surface area (Å²) in [6.45, 7) is 0. The van der Waals surface area contributed by atoms with Crippen LogP contribution in [-0.2, 0) is 15.6 Å². The fraction of sp³-hybridized carbons (Fsp3) is 0.130. The van der Waals surface area contributed by atoms with E-state index in [4.69, 9.17) is 26.3 Å². The highest BCUT2D eigenvalue weighted by Gasteiger charge is 2.13. The number of hydrogen-bond donors (Lipinski definition) is 1. The van der Waals surface area contributed by atoms with Crippen molar-refractivity contribution in [1.29, 1.82) is 5.26 Å². The summed E-state index contributed by atoms with van der Waals surface area (Å²) in [5, 5.41) is 12.4. The van der Waals surface area contributed by atoms with Crippen molar-refractivity contribution in [2.24, 2.45) is 0 Å². The van der Waals surface area contributed by atoms with Gasteiger partial charge in [0.25, 0.3) is 0 Å². The zero-order chi connectivity index (χ0) is 21.5. The van der Waals surface area contributed by atoms with E-state index in [0.717, 1.165) is 21.2 Å². The van der Waals surface area contributed by atoms with Gasteiger partial charge in [-0.05, 0) is 41.5 Å². The highest BCUT2D eigenvalue weighted by molar-refractivity contribution is 14.1. The van der Waals surface area contributed by atoms with Crippen LogP contribution < -0.4 is 14.8 Å². The smallest absolute Gasteiger partial charge is 0.228 e. The lowest BCUT2D eigenvalue weighted by Gasteiger charge is -2.14. The van der Waals surface area contributed by atoms with Gasteiger partial charge in [-0.15, -0.1) is 0 Å². The Morgan fingerprint density at radius 2 is 1.90 bits per heavy atom. The first kappa shape index (κ1) is 21.9. The van der Waals surface area contributed by atoms with Crippen molar-refractivity contribution in [2.45, 2.75) is 10.8 Å². The zero-order valence-electron chi connectivity index (χ0n) is 16.1. The predicted octanol–water partition coefficient (Wildman–Crippen LogP) is 6.13. The molecule has 0 bridgehead atoms. The summed E-state index contributed by atoms with van der Waals surface area (Å²) < 4.78 is 12.1. The van der Waals surface area contributed by atoms with Gasteiger partial charge in [0.15, 0.2) is 11.5 Å². The van der Waals surface area contributed by atoms with E-state index in [1.807, 2.05) is 30.3 Å². The van der Waals surface area contributed by atoms with Gasteiger partial charge in [-0.2, -0.15) is 5.26 Å². The molecule has 0 spiro atoms. The molecule has 0 unspecified atom stereocenters. The molecule has 0 aliphatic carbocycles. The molecule has 0 saturated heterocycles. The molecule has 1 N–H and O–H groups in total. The molecule has 1 amide bonds. The average molecular weight is 533 g/mol. The predicted molar refractivity (Wildman–Crippen MR) is 126 cm³/mol.